The fourth-order valence-corrected chi connectivity index (χ4v) is 4.64. The molecule has 4 heteroatoms. The van der Waals surface area contributed by atoms with Gasteiger partial charge in [-0.05, 0) is 53.0 Å². The lowest BCUT2D eigenvalue weighted by Crippen LogP contribution is -2.32. The second-order valence-electron chi connectivity index (χ2n) is 7.54. The first-order valence-corrected chi connectivity index (χ1v) is 9.74. The van der Waals surface area contributed by atoms with Crippen LogP contribution in [0.15, 0.2) is 29.6 Å². The summed E-state index contributed by atoms with van der Waals surface area (Å²) in [4.78, 5) is 1.47. The molecule has 2 atom stereocenters. The largest absolute Gasteiger partial charge is 0.309 e. The van der Waals surface area contributed by atoms with Crippen LogP contribution >= 0.6 is 34.5 Å². The first kappa shape index (κ1) is 17.3. The van der Waals surface area contributed by atoms with Crippen LogP contribution in [0.5, 0.6) is 0 Å². The Morgan fingerprint density at radius 1 is 1.13 bits per heavy atom. The van der Waals surface area contributed by atoms with Crippen LogP contribution in [0.25, 0.3) is 0 Å². The summed E-state index contributed by atoms with van der Waals surface area (Å²) in [5, 5.41) is 7.25. The molecule has 1 aliphatic rings. The van der Waals surface area contributed by atoms with E-state index in [9.17, 15) is 0 Å². The van der Waals surface area contributed by atoms with Crippen LogP contribution in [0.1, 0.15) is 61.6 Å². The van der Waals surface area contributed by atoms with Gasteiger partial charge in [0.25, 0.3) is 0 Å². The molecule has 0 bridgehead atoms. The normalized spacial score (nSPS) is 21.3. The summed E-state index contributed by atoms with van der Waals surface area (Å²) in [5.41, 5.74) is 3.04. The van der Waals surface area contributed by atoms with Gasteiger partial charge in [0.2, 0.25) is 0 Å². The van der Waals surface area contributed by atoms with Gasteiger partial charge in [-0.2, -0.15) is 0 Å². The molecule has 1 aromatic carbocycles. The van der Waals surface area contributed by atoms with Gasteiger partial charge in [0.05, 0.1) is 10.0 Å². The molecule has 0 fully saturated rings. The van der Waals surface area contributed by atoms with E-state index in [1.165, 1.54) is 16.0 Å². The molecule has 1 heterocycles. The average molecular weight is 368 g/mol. The molecule has 2 unspecified atom stereocenters. The highest BCUT2D eigenvalue weighted by Gasteiger charge is 2.30. The summed E-state index contributed by atoms with van der Waals surface area (Å²) in [6.07, 6.45) is 2.30. The first-order valence-electron chi connectivity index (χ1n) is 8.11. The van der Waals surface area contributed by atoms with E-state index < -0.39 is 0 Å². The number of fused-ring (bicyclic) bond motifs is 1. The van der Waals surface area contributed by atoms with Crippen molar-refractivity contribution in [2.24, 2.45) is 5.41 Å². The average Bonchev–Trinajstić information content (AvgIpc) is 2.96. The van der Waals surface area contributed by atoms with Crippen molar-refractivity contribution < 1.29 is 0 Å². The fourth-order valence-electron chi connectivity index (χ4n) is 3.21. The third-order valence-electron chi connectivity index (χ3n) is 4.39. The van der Waals surface area contributed by atoms with Gasteiger partial charge in [0.1, 0.15) is 0 Å². The van der Waals surface area contributed by atoms with Crippen molar-refractivity contribution >= 4 is 34.5 Å². The predicted molar refractivity (Wildman–Crippen MR) is 102 cm³/mol. The minimum Gasteiger partial charge on any atom is -0.309 e. The number of thiophene rings is 1. The zero-order chi connectivity index (χ0) is 16.6. The molecule has 1 aromatic heterocycles. The smallest absolute Gasteiger partial charge is 0.0595 e. The van der Waals surface area contributed by atoms with Crippen LogP contribution < -0.4 is 5.32 Å². The van der Waals surface area contributed by atoms with Gasteiger partial charge >= 0.3 is 0 Å². The molecule has 2 aromatic rings. The molecule has 0 saturated heterocycles. The Morgan fingerprint density at radius 2 is 1.91 bits per heavy atom. The molecular weight excluding hydrogens is 345 g/mol. The molecule has 0 aliphatic heterocycles. The summed E-state index contributed by atoms with van der Waals surface area (Å²) in [7, 11) is 0. The highest BCUT2D eigenvalue weighted by molar-refractivity contribution is 7.10. The molecule has 1 N–H and O–H groups in total. The van der Waals surface area contributed by atoms with Crippen LogP contribution in [0, 0.1) is 5.41 Å². The Morgan fingerprint density at radius 3 is 2.61 bits per heavy atom. The van der Waals surface area contributed by atoms with Gasteiger partial charge in [-0.1, -0.05) is 50.0 Å². The maximum absolute atomic E-state index is 6.22. The number of rotatable bonds is 3. The zero-order valence-electron chi connectivity index (χ0n) is 13.8. The summed E-state index contributed by atoms with van der Waals surface area (Å²) in [6, 6.07) is 8.81. The highest BCUT2D eigenvalue weighted by atomic mass is 35.5. The Balaban J connectivity index is 1.84. The topological polar surface area (TPSA) is 12.0 Å². The van der Waals surface area contributed by atoms with E-state index in [4.69, 9.17) is 23.2 Å². The Labute approximate surface area is 153 Å². The van der Waals surface area contributed by atoms with E-state index in [2.05, 4.69) is 43.6 Å². The van der Waals surface area contributed by atoms with Crippen LogP contribution in [-0.2, 0) is 0 Å². The monoisotopic (exact) mass is 367 g/mol. The minimum atomic E-state index is 0.302. The Bertz CT molecular complexity index is 687. The molecule has 0 saturated carbocycles. The molecule has 1 nitrogen and oxygen atoms in total. The van der Waals surface area contributed by atoms with Crippen molar-refractivity contribution in [3.8, 4) is 0 Å². The van der Waals surface area contributed by atoms with Crippen LogP contribution in [-0.4, -0.2) is 6.54 Å². The van der Waals surface area contributed by atoms with Gasteiger partial charge < -0.3 is 5.32 Å². The predicted octanol–water partition coefficient (Wildman–Crippen LogP) is 6.66. The van der Waals surface area contributed by atoms with Crippen molar-refractivity contribution in [2.45, 2.75) is 45.6 Å². The van der Waals surface area contributed by atoms with Crippen molar-refractivity contribution in [3.63, 3.8) is 0 Å². The lowest BCUT2D eigenvalue weighted by atomic mass is 9.81. The van der Waals surface area contributed by atoms with E-state index >= 15 is 0 Å². The minimum absolute atomic E-state index is 0.302. The molecule has 0 radical (unpaired) electrons. The fraction of sp³-hybridized carbons (Fsp3) is 0.474. The molecule has 23 heavy (non-hydrogen) atoms. The van der Waals surface area contributed by atoms with Crippen molar-refractivity contribution in [2.75, 3.05) is 6.54 Å². The maximum Gasteiger partial charge on any atom is 0.0595 e. The van der Waals surface area contributed by atoms with Crippen LogP contribution in [0.3, 0.4) is 0 Å². The second-order valence-corrected chi connectivity index (χ2v) is 9.30. The van der Waals surface area contributed by atoms with Crippen molar-refractivity contribution in [1.29, 1.82) is 0 Å². The second kappa shape index (κ2) is 6.76. The van der Waals surface area contributed by atoms with E-state index in [1.54, 1.807) is 0 Å². The number of halogens is 2. The Kier molecular flexibility index (Phi) is 5.08. The third-order valence-corrected chi connectivity index (χ3v) is 6.17. The zero-order valence-corrected chi connectivity index (χ0v) is 16.2. The van der Waals surface area contributed by atoms with Gasteiger partial charge in [-0.15, -0.1) is 11.3 Å². The lowest BCUT2D eigenvalue weighted by Gasteiger charge is -2.32. The SMILES string of the molecule is CC(C)(C)CNC1CCC(c2ccc(Cl)c(Cl)c2)c2sccc21. The summed E-state index contributed by atoms with van der Waals surface area (Å²) >= 11 is 14.1. The molecular formula is C19H23Cl2NS. The number of benzene rings is 1. The Hall–Kier alpha value is -0.540. The molecule has 0 amide bonds. The highest BCUT2D eigenvalue weighted by Crippen LogP contribution is 2.45. The van der Waals surface area contributed by atoms with Gasteiger partial charge in [-0.3, -0.25) is 0 Å². The van der Waals surface area contributed by atoms with Crippen molar-refractivity contribution in [3.05, 3.63) is 55.7 Å². The number of hydrogen-bond acceptors (Lipinski definition) is 2. The van der Waals surface area contributed by atoms with E-state index in [1.807, 2.05) is 23.5 Å². The lowest BCUT2D eigenvalue weighted by molar-refractivity contribution is 0.334. The molecule has 124 valence electrons. The third kappa shape index (κ3) is 3.93. The van der Waals surface area contributed by atoms with Crippen LogP contribution in [0.4, 0.5) is 0 Å². The number of nitrogens with one attached hydrogen (secondary N) is 1. The van der Waals surface area contributed by atoms with Crippen molar-refractivity contribution in [1.82, 2.24) is 5.32 Å². The van der Waals surface area contributed by atoms with Crippen LogP contribution in [0.2, 0.25) is 10.0 Å². The summed E-state index contributed by atoms with van der Waals surface area (Å²) < 4.78 is 0. The number of hydrogen-bond donors (Lipinski definition) is 1. The van der Waals surface area contributed by atoms with Gasteiger partial charge in [0.15, 0.2) is 0 Å². The first-order chi connectivity index (χ1) is 10.8. The van der Waals surface area contributed by atoms with E-state index in [0.717, 1.165) is 19.4 Å². The maximum atomic E-state index is 6.22. The quantitative estimate of drug-likeness (QED) is 0.639. The molecule has 1 aliphatic carbocycles. The summed E-state index contributed by atoms with van der Waals surface area (Å²) in [6.45, 7) is 7.85. The van der Waals surface area contributed by atoms with E-state index in [0.29, 0.717) is 27.4 Å². The van der Waals surface area contributed by atoms with Gasteiger partial charge in [-0.25, -0.2) is 0 Å². The standard InChI is InChI=1S/C19H23Cl2NS/c1-19(2,3)11-22-17-7-5-13(18-14(17)8-9-23-18)12-4-6-15(20)16(21)10-12/h4,6,8-10,13,17,22H,5,7,11H2,1-3H3. The molecule has 0 spiro atoms. The van der Waals surface area contributed by atoms with E-state index in [-0.39, 0.29) is 0 Å². The van der Waals surface area contributed by atoms with Gasteiger partial charge in [0, 0.05) is 23.4 Å². The molecule has 3 rings (SSSR count). The summed E-state index contributed by atoms with van der Waals surface area (Å²) in [5.74, 6) is 0.437.